The first-order valence-corrected chi connectivity index (χ1v) is 11.6. The number of benzene rings is 3. The summed E-state index contributed by atoms with van der Waals surface area (Å²) >= 11 is 2.66. The predicted molar refractivity (Wildman–Crippen MR) is 108 cm³/mol. The number of rotatable bonds is 1. The van der Waals surface area contributed by atoms with E-state index in [2.05, 4.69) is 96.6 Å². The van der Waals surface area contributed by atoms with Crippen LogP contribution in [-0.4, -0.2) is 0 Å². The van der Waals surface area contributed by atoms with Crippen LogP contribution in [0.15, 0.2) is 60.7 Å². The van der Waals surface area contributed by atoms with Gasteiger partial charge in [-0.2, -0.15) is 0 Å². The largest absolute Gasteiger partial charge is 0.0620 e. The lowest BCUT2D eigenvalue weighted by molar-refractivity contribution is 1.47. The lowest BCUT2D eigenvalue weighted by Gasteiger charge is -2.08. The average Bonchev–Trinajstić information content (AvgIpc) is 2.83. The van der Waals surface area contributed by atoms with Crippen LogP contribution in [0.2, 0.25) is 0 Å². The Morgan fingerprint density at radius 3 is 2.23 bits per heavy atom. The van der Waals surface area contributed by atoms with Crippen LogP contribution >= 0.6 is 27.2 Å². The number of aryl methyl sites for hydroxylation is 2. The molecule has 0 spiro atoms. The fourth-order valence-corrected chi connectivity index (χ4v) is 7.86. The Labute approximate surface area is 144 Å². The van der Waals surface area contributed by atoms with Crippen molar-refractivity contribution < 1.29 is 0 Å². The summed E-state index contributed by atoms with van der Waals surface area (Å²) in [5.41, 5.74) is 5.52. The molecule has 0 radical (unpaired) electrons. The number of fused-ring (bicyclic) bond motifs is 3. The van der Waals surface area contributed by atoms with Gasteiger partial charge in [0.25, 0.3) is 0 Å². The molecule has 1 unspecified atom stereocenters. The Balaban J connectivity index is 2.21. The zero-order valence-electron chi connectivity index (χ0n) is 12.6. The van der Waals surface area contributed by atoms with Crippen molar-refractivity contribution in [3.63, 3.8) is 0 Å². The second-order valence-electron chi connectivity index (χ2n) is 5.77. The standard InChI is InChI=1S/C20H16IP/c1-13-7-3-4-9-15(13)16-10-6-11-17-19-14(2)8-5-12-18(19)22(21)20(16)17/h3-12H,1-2H3. The third kappa shape index (κ3) is 2.03. The van der Waals surface area contributed by atoms with Crippen LogP contribution in [0.1, 0.15) is 11.1 Å². The summed E-state index contributed by atoms with van der Waals surface area (Å²) in [6.07, 6.45) is 0. The molecule has 0 aliphatic rings. The molecule has 0 N–H and O–H groups in total. The molecular weight excluding hydrogens is 398 g/mol. The van der Waals surface area contributed by atoms with Gasteiger partial charge in [-0.15, -0.1) is 0 Å². The van der Waals surface area contributed by atoms with Gasteiger partial charge in [-0.3, -0.25) is 0 Å². The summed E-state index contributed by atoms with van der Waals surface area (Å²) in [5, 5.41) is 5.66. The van der Waals surface area contributed by atoms with Gasteiger partial charge in [0.2, 0.25) is 0 Å². The van der Waals surface area contributed by atoms with Gasteiger partial charge >= 0.3 is 0 Å². The molecule has 4 rings (SSSR count). The Kier molecular flexibility index (Phi) is 3.51. The molecule has 2 heteroatoms. The first kappa shape index (κ1) is 14.3. The minimum atomic E-state index is -0.300. The summed E-state index contributed by atoms with van der Waals surface area (Å²) in [6.45, 7) is 4.44. The Bertz CT molecular complexity index is 1010. The third-order valence-corrected chi connectivity index (χ3v) is 9.08. The molecule has 0 aliphatic carbocycles. The van der Waals surface area contributed by atoms with Crippen LogP contribution in [0.3, 0.4) is 0 Å². The normalized spacial score (nSPS) is 12.2. The van der Waals surface area contributed by atoms with Gasteiger partial charge in [-0.25, -0.2) is 0 Å². The monoisotopic (exact) mass is 414 g/mol. The molecule has 1 heterocycles. The molecule has 0 saturated heterocycles. The van der Waals surface area contributed by atoms with E-state index in [1.165, 1.54) is 43.3 Å². The predicted octanol–water partition coefficient (Wildman–Crippen LogP) is 7.46. The number of hydrogen-bond donors (Lipinski definition) is 0. The molecule has 22 heavy (non-hydrogen) atoms. The first-order chi connectivity index (χ1) is 10.7. The zero-order chi connectivity index (χ0) is 15.3. The van der Waals surface area contributed by atoms with Crippen LogP contribution < -0.4 is 0 Å². The van der Waals surface area contributed by atoms with E-state index in [1.807, 2.05) is 0 Å². The highest BCUT2D eigenvalue weighted by atomic mass is 127. The second-order valence-corrected chi connectivity index (χ2v) is 10.2. The molecule has 108 valence electrons. The smallest absolute Gasteiger partial charge is 0.0198 e. The van der Waals surface area contributed by atoms with Crippen molar-refractivity contribution in [2.24, 2.45) is 0 Å². The Hall–Kier alpha value is -1.31. The van der Waals surface area contributed by atoms with E-state index in [1.54, 1.807) is 0 Å². The van der Waals surface area contributed by atoms with Crippen LogP contribution in [0, 0.1) is 13.8 Å². The van der Waals surface area contributed by atoms with E-state index >= 15 is 0 Å². The van der Waals surface area contributed by atoms with Gasteiger partial charge in [-0.1, -0.05) is 54.6 Å². The van der Waals surface area contributed by atoms with E-state index < -0.39 is 0 Å². The van der Waals surface area contributed by atoms with E-state index in [0.29, 0.717) is 0 Å². The summed E-state index contributed by atoms with van der Waals surface area (Å²) in [7, 11) is 0. The maximum atomic E-state index is 2.66. The van der Waals surface area contributed by atoms with Gasteiger partial charge in [0, 0.05) is 10.2 Å². The zero-order valence-corrected chi connectivity index (χ0v) is 15.7. The second kappa shape index (κ2) is 5.40. The maximum absolute atomic E-state index is 2.66. The summed E-state index contributed by atoms with van der Waals surface area (Å²) in [6, 6.07) is 22.2. The SMILES string of the molecule is Cc1ccccc1-c1cccc2c3c(C)cccc3p(I)c12. The van der Waals surface area contributed by atoms with E-state index in [9.17, 15) is 0 Å². The molecule has 0 bridgehead atoms. The number of halogens is 1. The van der Waals surface area contributed by atoms with Crippen molar-refractivity contribution in [1.82, 2.24) is 0 Å². The van der Waals surface area contributed by atoms with Crippen molar-refractivity contribution >= 4 is 48.2 Å². The molecule has 1 atom stereocenters. The average molecular weight is 414 g/mol. The van der Waals surface area contributed by atoms with Crippen molar-refractivity contribution in [3.8, 4) is 11.1 Å². The fourth-order valence-electron chi connectivity index (χ4n) is 3.34. The van der Waals surface area contributed by atoms with Gasteiger partial charge in [0.15, 0.2) is 0 Å². The Morgan fingerprint density at radius 1 is 0.727 bits per heavy atom. The molecular formula is C20H16IP. The van der Waals surface area contributed by atoms with Crippen LogP contribution in [0.5, 0.6) is 0 Å². The van der Waals surface area contributed by atoms with Crippen LogP contribution in [0.25, 0.3) is 32.1 Å². The van der Waals surface area contributed by atoms with Gasteiger partial charge in [0.1, 0.15) is 0 Å². The highest BCUT2D eigenvalue weighted by Crippen LogP contribution is 2.57. The van der Waals surface area contributed by atoms with Gasteiger partial charge < -0.3 is 0 Å². The lowest BCUT2D eigenvalue weighted by Crippen LogP contribution is -1.82. The third-order valence-electron chi connectivity index (χ3n) is 4.40. The molecule has 0 aliphatic heterocycles. The van der Waals surface area contributed by atoms with E-state index in [4.69, 9.17) is 0 Å². The molecule has 4 aromatic rings. The minimum Gasteiger partial charge on any atom is -0.0620 e. The molecule has 0 fully saturated rings. The van der Waals surface area contributed by atoms with Crippen molar-refractivity contribution in [2.45, 2.75) is 13.8 Å². The lowest BCUT2D eigenvalue weighted by atomic mass is 9.98. The van der Waals surface area contributed by atoms with Crippen LogP contribution in [0.4, 0.5) is 0 Å². The fraction of sp³-hybridized carbons (Fsp3) is 0.100. The topological polar surface area (TPSA) is 0 Å². The summed E-state index contributed by atoms with van der Waals surface area (Å²) in [4.78, 5) is 0. The summed E-state index contributed by atoms with van der Waals surface area (Å²) < 4.78 is 0. The highest BCUT2D eigenvalue weighted by molar-refractivity contribution is 14.2. The molecule has 0 amide bonds. The van der Waals surface area contributed by atoms with E-state index in [-0.39, 0.29) is 5.18 Å². The first-order valence-electron chi connectivity index (χ1n) is 7.43. The molecule has 0 nitrogen and oxygen atoms in total. The molecule has 0 saturated carbocycles. The highest BCUT2D eigenvalue weighted by Gasteiger charge is 2.15. The van der Waals surface area contributed by atoms with E-state index in [0.717, 1.165) is 0 Å². The quantitative estimate of drug-likeness (QED) is 0.284. The summed E-state index contributed by atoms with van der Waals surface area (Å²) in [5.74, 6) is 0. The minimum absolute atomic E-state index is 0.300. The van der Waals surface area contributed by atoms with Crippen molar-refractivity contribution in [1.29, 1.82) is 0 Å². The van der Waals surface area contributed by atoms with Crippen LogP contribution in [-0.2, 0) is 0 Å². The Morgan fingerprint density at radius 2 is 1.41 bits per heavy atom. The molecule has 3 aromatic carbocycles. The van der Waals surface area contributed by atoms with Gasteiger partial charge in [0.05, 0.1) is 0 Å². The molecule has 1 aromatic heterocycles. The van der Waals surface area contributed by atoms with Crippen molar-refractivity contribution in [3.05, 3.63) is 71.8 Å². The van der Waals surface area contributed by atoms with Gasteiger partial charge in [-0.05, 0) is 80.2 Å². The maximum Gasteiger partial charge on any atom is 0.0198 e. The van der Waals surface area contributed by atoms with Crippen molar-refractivity contribution in [2.75, 3.05) is 0 Å². The number of hydrogen-bond acceptors (Lipinski definition) is 0.